The zero-order valence-corrected chi connectivity index (χ0v) is 33.0. The second kappa shape index (κ2) is 22.1. The molecule has 11 nitrogen and oxygen atoms in total. The Balaban J connectivity index is 1.85. The van der Waals surface area contributed by atoms with Gasteiger partial charge in [0.1, 0.15) is 23.9 Å². The van der Waals surface area contributed by atoms with E-state index in [1.54, 1.807) is 44.4 Å². The number of allylic oxidation sites excluding steroid dienone is 14. The molecule has 0 aromatic carbocycles. The van der Waals surface area contributed by atoms with Gasteiger partial charge in [0.2, 0.25) is 0 Å². The number of nitrogens with one attached hydrogen (secondary N) is 3. The number of aliphatic hydroxyl groups excluding tert-OH is 1. The number of aliphatic hydroxyl groups is 2. The van der Waals surface area contributed by atoms with Crippen molar-refractivity contribution in [2.24, 2.45) is 0 Å². The quantitative estimate of drug-likeness (QED) is 0.243. The molecule has 0 radical (unpaired) electrons. The number of hydrogen-bond acceptors (Lipinski definition) is 10. The maximum Gasteiger partial charge on any atom is 0.286 e. The third kappa shape index (κ3) is 14.4. The molecule has 0 aromatic heterocycles. The molecule has 2 saturated heterocycles. The minimum Gasteiger partial charge on any atom is -0.491 e. The molecule has 0 spiro atoms. The van der Waals surface area contributed by atoms with E-state index in [1.165, 1.54) is 7.11 Å². The van der Waals surface area contributed by atoms with Gasteiger partial charge in [-0.15, -0.1) is 0 Å². The summed E-state index contributed by atoms with van der Waals surface area (Å²) in [5.41, 5.74) is 1.41. The number of likely N-dealkylation sites (N-methyl/N-ethyl adjacent to an activating group) is 2. The van der Waals surface area contributed by atoms with Crippen LogP contribution in [0.2, 0.25) is 0 Å². The first kappa shape index (κ1) is 44.0. The number of amides is 1. The number of hydrogen-bond donors (Lipinski definition) is 5. The highest BCUT2D eigenvalue weighted by Crippen LogP contribution is 2.28. The number of carbonyl (C=O) groups is 1. The standard InChI is InChI=1S/C42H63N3O8/c1-28-16-12-13-20-36(53-41-38(44-8)39(46)35(27-50-41)52-37-24-23-33(43-7)32(5)51-37)42(6,48)25-14-10-11-17-30(3)26-34(49-9)40(47)45-31(4)22-21-29(2)19-15-18-28/h10-21,25-26,31-33,35-39,41,43-44,46,48H,22-24,27H2,1-9H3,(H,45,47)/b11-10+,16-12+,19-15+,20-13-,25-14+,28-18+,29-21+,30-17+,34-26-/t31-,32+,33-,35+,36-,37-,38+,39-,41-,42+/m0/s1. The Hall–Kier alpha value is -3.39. The van der Waals surface area contributed by atoms with Crippen LogP contribution < -0.4 is 16.0 Å². The Labute approximate surface area is 316 Å². The largest absolute Gasteiger partial charge is 0.491 e. The smallest absolute Gasteiger partial charge is 0.286 e. The summed E-state index contributed by atoms with van der Waals surface area (Å²) < 4.78 is 30.2. The summed E-state index contributed by atoms with van der Waals surface area (Å²) in [6.45, 7) is 11.6. The van der Waals surface area contributed by atoms with Crippen molar-refractivity contribution in [1.82, 2.24) is 16.0 Å². The average Bonchev–Trinajstić information content (AvgIpc) is 3.11. The monoisotopic (exact) mass is 737 g/mol. The minimum atomic E-state index is -1.48. The summed E-state index contributed by atoms with van der Waals surface area (Å²) in [5, 5.41) is 32.5. The molecule has 0 saturated carbocycles. The molecule has 53 heavy (non-hydrogen) atoms. The van der Waals surface area contributed by atoms with Gasteiger partial charge in [0.15, 0.2) is 18.3 Å². The van der Waals surface area contributed by atoms with E-state index in [4.69, 9.17) is 23.7 Å². The van der Waals surface area contributed by atoms with Crippen molar-refractivity contribution >= 4 is 5.91 Å². The first-order valence-electron chi connectivity index (χ1n) is 18.6. The first-order valence-corrected chi connectivity index (χ1v) is 18.6. The van der Waals surface area contributed by atoms with Crippen LogP contribution in [-0.2, 0) is 28.5 Å². The van der Waals surface area contributed by atoms with Gasteiger partial charge < -0.3 is 49.8 Å². The van der Waals surface area contributed by atoms with Gasteiger partial charge >= 0.3 is 0 Å². The van der Waals surface area contributed by atoms with Gasteiger partial charge in [-0.1, -0.05) is 90.1 Å². The molecule has 0 bridgehead atoms. The molecule has 3 aliphatic rings. The van der Waals surface area contributed by atoms with Crippen molar-refractivity contribution < 1.29 is 38.7 Å². The molecule has 0 unspecified atom stereocenters. The van der Waals surface area contributed by atoms with E-state index in [2.05, 4.69) is 22.0 Å². The zero-order valence-electron chi connectivity index (χ0n) is 33.0. The Kier molecular flexibility index (Phi) is 18.4. The van der Waals surface area contributed by atoms with Crippen LogP contribution in [0.3, 0.4) is 0 Å². The Morgan fingerprint density at radius 3 is 2.36 bits per heavy atom. The second-order valence-electron chi connectivity index (χ2n) is 14.1. The molecule has 0 aliphatic carbocycles. The van der Waals surface area contributed by atoms with Gasteiger partial charge in [0, 0.05) is 12.1 Å². The van der Waals surface area contributed by atoms with Crippen LogP contribution in [0.1, 0.15) is 60.8 Å². The highest BCUT2D eigenvalue weighted by atomic mass is 16.7. The molecule has 1 amide bonds. The maximum absolute atomic E-state index is 12.9. The third-order valence-electron chi connectivity index (χ3n) is 9.46. The molecule has 3 rings (SSSR count). The lowest BCUT2D eigenvalue weighted by atomic mass is 9.96. The van der Waals surface area contributed by atoms with Crippen LogP contribution >= 0.6 is 0 Å². The molecule has 11 heteroatoms. The van der Waals surface area contributed by atoms with Gasteiger partial charge in [0.05, 0.1) is 25.9 Å². The summed E-state index contributed by atoms with van der Waals surface area (Å²) >= 11 is 0. The fourth-order valence-electron chi connectivity index (χ4n) is 6.14. The van der Waals surface area contributed by atoms with Crippen molar-refractivity contribution in [3.63, 3.8) is 0 Å². The van der Waals surface area contributed by atoms with Gasteiger partial charge in [-0.3, -0.25) is 4.79 Å². The minimum absolute atomic E-state index is 0.0257. The van der Waals surface area contributed by atoms with E-state index in [9.17, 15) is 15.0 Å². The van der Waals surface area contributed by atoms with Crippen LogP contribution in [0.25, 0.3) is 0 Å². The van der Waals surface area contributed by atoms with Crippen molar-refractivity contribution in [2.75, 3.05) is 27.8 Å². The van der Waals surface area contributed by atoms with E-state index in [0.717, 1.165) is 23.1 Å². The van der Waals surface area contributed by atoms with Crippen LogP contribution in [0.4, 0.5) is 0 Å². The summed E-state index contributed by atoms with van der Waals surface area (Å²) in [4.78, 5) is 12.9. The van der Waals surface area contributed by atoms with E-state index >= 15 is 0 Å². The van der Waals surface area contributed by atoms with Crippen LogP contribution in [0.5, 0.6) is 0 Å². The van der Waals surface area contributed by atoms with E-state index in [1.807, 2.05) is 90.3 Å². The van der Waals surface area contributed by atoms with E-state index in [-0.39, 0.29) is 36.5 Å². The van der Waals surface area contributed by atoms with Crippen molar-refractivity contribution in [1.29, 1.82) is 0 Å². The Morgan fingerprint density at radius 2 is 1.66 bits per heavy atom. The molecule has 2 fully saturated rings. The van der Waals surface area contributed by atoms with Gasteiger partial charge in [-0.05, 0) is 86.5 Å². The molecule has 0 aromatic rings. The third-order valence-corrected chi connectivity index (χ3v) is 9.46. The van der Waals surface area contributed by atoms with Gasteiger partial charge in [0.25, 0.3) is 5.91 Å². The molecule has 294 valence electrons. The zero-order chi connectivity index (χ0) is 39.0. The van der Waals surface area contributed by atoms with Gasteiger partial charge in [-0.2, -0.15) is 0 Å². The predicted molar refractivity (Wildman–Crippen MR) is 210 cm³/mol. The summed E-state index contributed by atoms with van der Waals surface area (Å²) in [6, 6.07) is -0.483. The van der Waals surface area contributed by atoms with Crippen LogP contribution in [0.15, 0.2) is 108 Å². The number of ether oxygens (including phenoxy) is 5. The predicted octanol–water partition coefficient (Wildman–Crippen LogP) is 4.98. The second-order valence-corrected chi connectivity index (χ2v) is 14.1. The van der Waals surface area contributed by atoms with Gasteiger partial charge in [-0.25, -0.2) is 0 Å². The van der Waals surface area contributed by atoms with E-state index in [0.29, 0.717) is 12.8 Å². The summed E-state index contributed by atoms with van der Waals surface area (Å²) in [5.74, 6) is -0.0812. The molecular formula is C42H63N3O8. The summed E-state index contributed by atoms with van der Waals surface area (Å²) in [7, 11) is 5.12. The van der Waals surface area contributed by atoms with Crippen molar-refractivity contribution in [3.8, 4) is 0 Å². The van der Waals surface area contributed by atoms with E-state index < -0.39 is 42.5 Å². The lowest BCUT2D eigenvalue weighted by Crippen LogP contribution is -2.62. The van der Waals surface area contributed by atoms with Crippen LogP contribution in [-0.4, -0.2) is 105 Å². The topological polar surface area (TPSA) is 140 Å². The molecular weight excluding hydrogens is 674 g/mol. The number of rotatable bonds is 7. The lowest BCUT2D eigenvalue weighted by Gasteiger charge is -2.44. The fraction of sp³-hybridized carbons (Fsp3) is 0.548. The highest BCUT2D eigenvalue weighted by molar-refractivity contribution is 5.92. The first-order chi connectivity index (χ1) is 25.3. The fourth-order valence-corrected chi connectivity index (χ4v) is 6.14. The molecule has 3 heterocycles. The maximum atomic E-state index is 12.9. The Bertz CT molecular complexity index is 1460. The highest BCUT2D eigenvalue weighted by Gasteiger charge is 2.44. The molecule has 10 atom stereocenters. The average molecular weight is 738 g/mol. The lowest BCUT2D eigenvalue weighted by molar-refractivity contribution is -0.295. The number of carbonyl (C=O) groups excluding carboxylic acids is 1. The van der Waals surface area contributed by atoms with Crippen molar-refractivity contribution in [3.05, 3.63) is 108 Å². The van der Waals surface area contributed by atoms with Crippen LogP contribution in [0, 0.1) is 0 Å². The molecule has 5 N–H and O–H groups in total. The Morgan fingerprint density at radius 1 is 0.925 bits per heavy atom. The van der Waals surface area contributed by atoms with Crippen molar-refractivity contribution in [2.45, 2.75) is 122 Å². The SMILES string of the molecule is CN[C@H]1[C@H](O[C@H]2\C=C/C=C/C(C)=C/C=C/C(C)=C/C[C@H](C)NC(=O)/C(OC)=C/C(C)=C/C=C/C=C/[C@@]2(C)O)OC[C@@H](O[C@H]2CC[C@H](NC)[C@@H](C)O2)[C@@H]1O. The summed E-state index contributed by atoms with van der Waals surface area (Å²) in [6.07, 6.45) is 24.4. The number of methoxy groups -OCH3 is 1. The normalized spacial score (nSPS) is 41.3. The molecule has 3 aliphatic heterocycles.